The summed E-state index contributed by atoms with van der Waals surface area (Å²) in [6.45, 7) is 6.29. The third-order valence-electron chi connectivity index (χ3n) is 6.45. The Bertz CT molecular complexity index is 946. The van der Waals surface area contributed by atoms with E-state index in [1.807, 2.05) is 36.1 Å². The standard InChI is InChI=1S/C26H33ClN2O4/c1-20-5-10-24(30)21(15-20)17-28-13-14-33-26(18-28,16-25(31)29-11-3-2-4-12-29)19-32-23-8-6-22(27)7-9-23/h5-10,15,30H,2-4,11-14,16-19H2,1H3. The summed E-state index contributed by atoms with van der Waals surface area (Å²) in [5, 5.41) is 11.0. The number of morpholine rings is 1. The van der Waals surface area contributed by atoms with Crippen molar-refractivity contribution < 1.29 is 19.4 Å². The minimum Gasteiger partial charge on any atom is -0.508 e. The Morgan fingerprint density at radius 3 is 2.64 bits per heavy atom. The molecular weight excluding hydrogens is 440 g/mol. The molecule has 33 heavy (non-hydrogen) atoms. The summed E-state index contributed by atoms with van der Waals surface area (Å²) >= 11 is 6.01. The molecular formula is C26H33ClN2O4. The number of aryl methyl sites for hydroxylation is 1. The highest BCUT2D eigenvalue weighted by molar-refractivity contribution is 6.30. The molecule has 2 heterocycles. The lowest BCUT2D eigenvalue weighted by atomic mass is 9.95. The van der Waals surface area contributed by atoms with Gasteiger partial charge in [0.15, 0.2) is 0 Å². The fourth-order valence-electron chi connectivity index (χ4n) is 4.66. The number of amides is 1. The van der Waals surface area contributed by atoms with Crippen molar-refractivity contribution in [2.75, 3.05) is 39.4 Å². The van der Waals surface area contributed by atoms with Crippen molar-refractivity contribution in [3.05, 3.63) is 58.6 Å². The zero-order valence-corrected chi connectivity index (χ0v) is 20.0. The molecule has 0 saturated carbocycles. The van der Waals surface area contributed by atoms with E-state index in [2.05, 4.69) is 4.90 Å². The van der Waals surface area contributed by atoms with Gasteiger partial charge in [0.1, 0.15) is 23.7 Å². The summed E-state index contributed by atoms with van der Waals surface area (Å²) in [5.41, 5.74) is 1.23. The van der Waals surface area contributed by atoms with Crippen LogP contribution in [0.15, 0.2) is 42.5 Å². The van der Waals surface area contributed by atoms with Crippen LogP contribution in [0.4, 0.5) is 0 Å². The van der Waals surface area contributed by atoms with Crippen LogP contribution in [0.25, 0.3) is 0 Å². The summed E-state index contributed by atoms with van der Waals surface area (Å²) in [5.74, 6) is 1.11. The summed E-state index contributed by atoms with van der Waals surface area (Å²) in [6, 6.07) is 12.9. The van der Waals surface area contributed by atoms with Gasteiger partial charge in [-0.1, -0.05) is 29.3 Å². The van der Waals surface area contributed by atoms with E-state index in [0.717, 1.165) is 43.6 Å². The second-order valence-electron chi connectivity index (χ2n) is 9.24. The second kappa shape index (κ2) is 10.8. The molecule has 0 aromatic heterocycles. The summed E-state index contributed by atoms with van der Waals surface area (Å²) in [7, 11) is 0. The first-order chi connectivity index (χ1) is 15.9. The van der Waals surface area contributed by atoms with Crippen LogP contribution < -0.4 is 4.74 Å². The second-order valence-corrected chi connectivity index (χ2v) is 9.67. The smallest absolute Gasteiger partial charge is 0.225 e. The van der Waals surface area contributed by atoms with E-state index in [4.69, 9.17) is 21.1 Å². The number of carbonyl (C=O) groups is 1. The van der Waals surface area contributed by atoms with Gasteiger partial charge in [0.2, 0.25) is 5.91 Å². The summed E-state index contributed by atoms with van der Waals surface area (Å²) in [6.07, 6.45) is 3.56. The minimum absolute atomic E-state index is 0.120. The Balaban J connectivity index is 1.50. The van der Waals surface area contributed by atoms with Crippen LogP contribution in [0.1, 0.15) is 36.8 Å². The lowest BCUT2D eigenvalue weighted by molar-refractivity contribution is -0.157. The maximum atomic E-state index is 13.2. The molecule has 2 aromatic carbocycles. The number of carbonyl (C=O) groups excluding carboxylic acids is 1. The average molecular weight is 473 g/mol. The lowest BCUT2D eigenvalue weighted by Gasteiger charge is -2.43. The Morgan fingerprint density at radius 2 is 1.88 bits per heavy atom. The normalized spacial score (nSPS) is 21.7. The summed E-state index contributed by atoms with van der Waals surface area (Å²) < 4.78 is 12.4. The van der Waals surface area contributed by atoms with E-state index in [0.29, 0.717) is 36.2 Å². The van der Waals surface area contributed by atoms with E-state index in [1.54, 1.807) is 18.2 Å². The highest BCUT2D eigenvalue weighted by atomic mass is 35.5. The molecule has 0 spiro atoms. The highest BCUT2D eigenvalue weighted by Gasteiger charge is 2.41. The molecule has 6 nitrogen and oxygen atoms in total. The van der Waals surface area contributed by atoms with Crippen LogP contribution in [-0.2, 0) is 16.1 Å². The largest absolute Gasteiger partial charge is 0.508 e. The fraction of sp³-hybridized carbons (Fsp3) is 0.500. The lowest BCUT2D eigenvalue weighted by Crippen LogP contribution is -2.57. The van der Waals surface area contributed by atoms with Gasteiger partial charge in [0.25, 0.3) is 0 Å². The molecule has 2 aliphatic rings. The van der Waals surface area contributed by atoms with Crippen molar-refractivity contribution in [1.29, 1.82) is 0 Å². The molecule has 1 amide bonds. The van der Waals surface area contributed by atoms with Gasteiger partial charge in [-0.3, -0.25) is 9.69 Å². The number of likely N-dealkylation sites (tertiary alicyclic amines) is 1. The zero-order valence-electron chi connectivity index (χ0n) is 19.3. The quantitative estimate of drug-likeness (QED) is 0.646. The van der Waals surface area contributed by atoms with Gasteiger partial charge in [0, 0.05) is 43.3 Å². The number of phenols is 1. The van der Waals surface area contributed by atoms with Crippen molar-refractivity contribution in [3.63, 3.8) is 0 Å². The van der Waals surface area contributed by atoms with Crippen molar-refractivity contribution >= 4 is 17.5 Å². The summed E-state index contributed by atoms with van der Waals surface area (Å²) in [4.78, 5) is 17.4. The van der Waals surface area contributed by atoms with E-state index in [1.165, 1.54) is 6.42 Å². The van der Waals surface area contributed by atoms with Crippen LogP contribution in [0.3, 0.4) is 0 Å². The molecule has 2 aliphatic heterocycles. The minimum atomic E-state index is -0.758. The number of nitrogens with zero attached hydrogens (tertiary/aromatic N) is 2. The molecule has 1 unspecified atom stereocenters. The molecule has 1 atom stereocenters. The van der Waals surface area contributed by atoms with Gasteiger partial charge in [0.05, 0.1) is 13.0 Å². The average Bonchev–Trinajstić information content (AvgIpc) is 2.82. The van der Waals surface area contributed by atoms with Crippen molar-refractivity contribution in [1.82, 2.24) is 9.80 Å². The molecule has 2 saturated heterocycles. The molecule has 1 N–H and O–H groups in total. The van der Waals surface area contributed by atoms with Crippen molar-refractivity contribution in [3.8, 4) is 11.5 Å². The number of halogens is 1. The number of hydrogen-bond acceptors (Lipinski definition) is 5. The Kier molecular flexibility index (Phi) is 7.78. The molecule has 2 aromatic rings. The monoisotopic (exact) mass is 472 g/mol. The predicted molar refractivity (Wildman–Crippen MR) is 129 cm³/mol. The van der Waals surface area contributed by atoms with Gasteiger partial charge in [-0.25, -0.2) is 0 Å². The van der Waals surface area contributed by atoms with Gasteiger partial charge < -0.3 is 19.5 Å². The predicted octanol–water partition coefficient (Wildman–Crippen LogP) is 4.41. The molecule has 0 radical (unpaired) electrons. The molecule has 2 fully saturated rings. The zero-order chi connectivity index (χ0) is 23.3. The number of phenolic OH excluding ortho intramolecular Hbond substituents is 1. The topological polar surface area (TPSA) is 62.2 Å². The van der Waals surface area contributed by atoms with Crippen LogP contribution >= 0.6 is 11.6 Å². The molecule has 178 valence electrons. The van der Waals surface area contributed by atoms with Gasteiger partial charge in [-0.15, -0.1) is 0 Å². The van der Waals surface area contributed by atoms with Gasteiger partial charge in [-0.2, -0.15) is 0 Å². The third-order valence-corrected chi connectivity index (χ3v) is 6.71. The number of rotatable bonds is 7. The first-order valence-corrected chi connectivity index (χ1v) is 12.1. The SMILES string of the molecule is Cc1ccc(O)c(CN2CCOC(COc3ccc(Cl)cc3)(CC(=O)N3CCCCC3)C2)c1. The van der Waals surface area contributed by atoms with E-state index >= 15 is 0 Å². The van der Waals surface area contributed by atoms with Gasteiger partial charge in [-0.05, 0) is 56.5 Å². The van der Waals surface area contributed by atoms with Crippen LogP contribution in [0.5, 0.6) is 11.5 Å². The maximum absolute atomic E-state index is 13.2. The van der Waals surface area contributed by atoms with E-state index in [-0.39, 0.29) is 18.9 Å². The highest BCUT2D eigenvalue weighted by Crippen LogP contribution is 2.29. The van der Waals surface area contributed by atoms with Crippen LogP contribution in [0.2, 0.25) is 5.02 Å². The Morgan fingerprint density at radius 1 is 1.12 bits per heavy atom. The van der Waals surface area contributed by atoms with Crippen LogP contribution in [-0.4, -0.2) is 65.8 Å². The van der Waals surface area contributed by atoms with Crippen LogP contribution in [0, 0.1) is 6.92 Å². The maximum Gasteiger partial charge on any atom is 0.225 e. The first kappa shape index (κ1) is 23.9. The van der Waals surface area contributed by atoms with E-state index < -0.39 is 5.60 Å². The van der Waals surface area contributed by atoms with E-state index in [9.17, 15) is 9.90 Å². The molecule has 7 heteroatoms. The number of aromatic hydroxyl groups is 1. The molecule has 0 aliphatic carbocycles. The van der Waals surface area contributed by atoms with Crippen molar-refractivity contribution in [2.45, 2.75) is 44.8 Å². The number of benzene rings is 2. The number of piperidine rings is 1. The Hall–Kier alpha value is -2.28. The third kappa shape index (κ3) is 6.40. The number of hydrogen-bond donors (Lipinski definition) is 1. The molecule has 0 bridgehead atoms. The molecule has 4 rings (SSSR count). The van der Waals surface area contributed by atoms with Crippen molar-refractivity contribution in [2.24, 2.45) is 0 Å². The number of ether oxygens (including phenoxy) is 2. The van der Waals surface area contributed by atoms with Gasteiger partial charge >= 0.3 is 0 Å². The first-order valence-electron chi connectivity index (χ1n) is 11.7. The fourth-order valence-corrected chi connectivity index (χ4v) is 4.79. The Labute approximate surface area is 201 Å².